The third kappa shape index (κ3) is 2.80. The Labute approximate surface area is 166 Å². The highest BCUT2D eigenvalue weighted by molar-refractivity contribution is 6.32. The second-order valence-electron chi connectivity index (χ2n) is 7.79. The van der Waals surface area contributed by atoms with Crippen LogP contribution in [0.4, 0.5) is 5.69 Å². The lowest BCUT2D eigenvalue weighted by atomic mass is 9.80. The monoisotopic (exact) mass is 377 g/mol. The molecule has 3 heteroatoms. The standard InChI is InChI=1S/C24H24ClNO/c1-6-8-19-23-16(22-15(7-2)17(25)10-12-20(22)27-19)9-11-18-21(23)14(3)13-24(4,5)26-18/h6-7,9-13,19,26H,1-2,8H2,3-5H3. The molecule has 0 aliphatic carbocycles. The number of rotatable bonds is 3. The predicted molar refractivity (Wildman–Crippen MR) is 117 cm³/mol. The minimum atomic E-state index is -0.0811. The zero-order valence-electron chi connectivity index (χ0n) is 16.0. The van der Waals surface area contributed by atoms with Gasteiger partial charge in [0.25, 0.3) is 0 Å². The molecule has 0 amide bonds. The Morgan fingerprint density at radius 3 is 2.67 bits per heavy atom. The molecule has 1 atom stereocenters. The van der Waals surface area contributed by atoms with Crippen molar-refractivity contribution in [3.63, 3.8) is 0 Å². The molecule has 0 spiro atoms. The number of nitrogens with one attached hydrogen (secondary N) is 1. The first kappa shape index (κ1) is 17.9. The Balaban J connectivity index is 2.06. The van der Waals surface area contributed by atoms with E-state index < -0.39 is 0 Å². The van der Waals surface area contributed by atoms with Crippen molar-refractivity contribution in [1.29, 1.82) is 0 Å². The van der Waals surface area contributed by atoms with Crippen molar-refractivity contribution < 1.29 is 4.74 Å². The molecule has 0 bridgehead atoms. The number of halogens is 1. The Hall–Kier alpha value is -2.45. The second-order valence-corrected chi connectivity index (χ2v) is 8.20. The third-order valence-electron chi connectivity index (χ3n) is 5.27. The van der Waals surface area contributed by atoms with E-state index in [4.69, 9.17) is 16.3 Å². The first-order chi connectivity index (χ1) is 12.9. The van der Waals surface area contributed by atoms with Gasteiger partial charge in [-0.1, -0.05) is 42.5 Å². The molecule has 0 saturated carbocycles. The summed E-state index contributed by atoms with van der Waals surface area (Å²) in [5.74, 6) is 0.847. The number of allylic oxidation sites excluding steroid dienone is 1. The Morgan fingerprint density at radius 1 is 1.19 bits per heavy atom. The van der Waals surface area contributed by atoms with Gasteiger partial charge in [0, 0.05) is 39.4 Å². The Bertz CT molecular complexity index is 1000. The molecule has 1 unspecified atom stereocenters. The molecule has 2 aliphatic heterocycles. The number of benzene rings is 2. The number of fused-ring (bicyclic) bond motifs is 5. The van der Waals surface area contributed by atoms with E-state index in [1.807, 2.05) is 24.3 Å². The summed E-state index contributed by atoms with van der Waals surface area (Å²) in [6.45, 7) is 14.4. The molecule has 0 aromatic heterocycles. The minimum absolute atomic E-state index is 0.0786. The second kappa shape index (κ2) is 6.31. The Morgan fingerprint density at radius 2 is 1.96 bits per heavy atom. The molecular formula is C24H24ClNO. The van der Waals surface area contributed by atoms with Crippen LogP contribution in [0.15, 0.2) is 49.6 Å². The molecule has 2 heterocycles. The first-order valence-electron chi connectivity index (χ1n) is 9.24. The van der Waals surface area contributed by atoms with Gasteiger partial charge in [0.05, 0.1) is 5.54 Å². The zero-order chi connectivity index (χ0) is 19.3. The van der Waals surface area contributed by atoms with Gasteiger partial charge in [-0.15, -0.1) is 6.58 Å². The molecular weight excluding hydrogens is 354 g/mol. The topological polar surface area (TPSA) is 21.3 Å². The van der Waals surface area contributed by atoms with Crippen molar-refractivity contribution in [2.24, 2.45) is 0 Å². The largest absolute Gasteiger partial charge is 0.485 e. The maximum atomic E-state index is 6.47. The highest BCUT2D eigenvalue weighted by Crippen LogP contribution is 2.52. The van der Waals surface area contributed by atoms with Crippen molar-refractivity contribution in [2.75, 3.05) is 5.32 Å². The van der Waals surface area contributed by atoms with E-state index >= 15 is 0 Å². The molecule has 138 valence electrons. The molecule has 1 N–H and O–H groups in total. The number of hydrogen-bond acceptors (Lipinski definition) is 2. The summed E-state index contributed by atoms with van der Waals surface area (Å²) in [6.07, 6.45) is 6.67. The van der Waals surface area contributed by atoms with Gasteiger partial charge in [-0.05, 0) is 50.1 Å². The Kier molecular flexibility index (Phi) is 4.20. The summed E-state index contributed by atoms with van der Waals surface area (Å²) in [4.78, 5) is 0. The van der Waals surface area contributed by atoms with Crippen molar-refractivity contribution in [3.8, 4) is 16.9 Å². The fraction of sp³-hybridized carbons (Fsp3) is 0.250. The summed E-state index contributed by atoms with van der Waals surface area (Å²) >= 11 is 6.47. The van der Waals surface area contributed by atoms with Crippen LogP contribution >= 0.6 is 11.6 Å². The first-order valence-corrected chi connectivity index (χ1v) is 9.62. The van der Waals surface area contributed by atoms with E-state index in [1.165, 1.54) is 16.7 Å². The van der Waals surface area contributed by atoms with Gasteiger partial charge >= 0.3 is 0 Å². The molecule has 0 radical (unpaired) electrons. The van der Waals surface area contributed by atoms with E-state index in [1.54, 1.807) is 0 Å². The van der Waals surface area contributed by atoms with Crippen LogP contribution in [0.1, 0.15) is 50.0 Å². The van der Waals surface area contributed by atoms with Crippen molar-refractivity contribution in [1.82, 2.24) is 0 Å². The third-order valence-corrected chi connectivity index (χ3v) is 5.60. The average molecular weight is 378 g/mol. The lowest BCUT2D eigenvalue weighted by Crippen LogP contribution is -2.32. The lowest BCUT2D eigenvalue weighted by molar-refractivity contribution is 0.205. The van der Waals surface area contributed by atoms with Gasteiger partial charge in [-0.25, -0.2) is 0 Å². The molecule has 2 nitrogen and oxygen atoms in total. The SMILES string of the molecule is C=CCC1Oc2ccc(Cl)c(C=C)c2-c2ccc3c(c21)C(C)=CC(C)(C)N3. The van der Waals surface area contributed by atoms with Crippen LogP contribution < -0.4 is 10.1 Å². The van der Waals surface area contributed by atoms with Crippen LogP contribution in [0, 0.1) is 0 Å². The van der Waals surface area contributed by atoms with Crippen LogP contribution in [-0.4, -0.2) is 5.54 Å². The smallest absolute Gasteiger partial charge is 0.128 e. The van der Waals surface area contributed by atoms with Gasteiger partial charge in [-0.2, -0.15) is 0 Å². The average Bonchev–Trinajstić information content (AvgIpc) is 2.60. The van der Waals surface area contributed by atoms with Crippen molar-refractivity contribution in [3.05, 3.63) is 71.3 Å². The normalized spacial score (nSPS) is 18.8. The van der Waals surface area contributed by atoms with Crippen LogP contribution in [0.2, 0.25) is 5.02 Å². The van der Waals surface area contributed by atoms with E-state index in [9.17, 15) is 0 Å². The minimum Gasteiger partial charge on any atom is -0.485 e. The summed E-state index contributed by atoms with van der Waals surface area (Å²) < 4.78 is 6.43. The van der Waals surface area contributed by atoms with Crippen LogP contribution in [0.25, 0.3) is 22.8 Å². The number of ether oxygens (including phenoxy) is 1. The zero-order valence-corrected chi connectivity index (χ0v) is 16.8. The van der Waals surface area contributed by atoms with E-state index in [0.29, 0.717) is 5.02 Å². The quantitative estimate of drug-likeness (QED) is 0.568. The summed E-state index contributed by atoms with van der Waals surface area (Å²) in [5, 5.41) is 4.32. The maximum absolute atomic E-state index is 6.47. The van der Waals surface area contributed by atoms with Crippen molar-refractivity contribution in [2.45, 2.75) is 38.8 Å². The number of anilines is 1. The maximum Gasteiger partial charge on any atom is 0.128 e. The highest BCUT2D eigenvalue weighted by atomic mass is 35.5. The molecule has 2 aromatic carbocycles. The number of hydrogen-bond donors (Lipinski definition) is 1. The van der Waals surface area contributed by atoms with Crippen LogP contribution in [0.3, 0.4) is 0 Å². The van der Waals surface area contributed by atoms with Crippen LogP contribution in [0.5, 0.6) is 5.75 Å². The molecule has 2 aliphatic rings. The van der Waals surface area contributed by atoms with Gasteiger partial charge < -0.3 is 10.1 Å². The molecule has 0 saturated heterocycles. The molecule has 0 fully saturated rings. The van der Waals surface area contributed by atoms with Gasteiger partial charge in [-0.3, -0.25) is 0 Å². The molecule has 4 rings (SSSR count). The van der Waals surface area contributed by atoms with Gasteiger partial charge in [0.1, 0.15) is 11.9 Å². The van der Waals surface area contributed by atoms with Crippen LogP contribution in [-0.2, 0) is 0 Å². The molecule has 27 heavy (non-hydrogen) atoms. The fourth-order valence-corrected chi connectivity index (χ4v) is 4.61. The summed E-state index contributed by atoms with van der Waals surface area (Å²) in [5.41, 5.74) is 7.83. The fourth-order valence-electron chi connectivity index (χ4n) is 4.38. The van der Waals surface area contributed by atoms with E-state index in [0.717, 1.165) is 34.5 Å². The highest BCUT2D eigenvalue weighted by Gasteiger charge is 2.34. The predicted octanol–water partition coefficient (Wildman–Crippen LogP) is 7.27. The summed E-state index contributed by atoms with van der Waals surface area (Å²) in [6, 6.07) is 8.17. The van der Waals surface area contributed by atoms with E-state index in [-0.39, 0.29) is 11.6 Å². The molecule has 2 aromatic rings. The van der Waals surface area contributed by atoms with Crippen molar-refractivity contribution >= 4 is 28.9 Å². The van der Waals surface area contributed by atoms with Gasteiger partial charge in [0.15, 0.2) is 0 Å². The van der Waals surface area contributed by atoms with E-state index in [2.05, 4.69) is 57.5 Å². The van der Waals surface area contributed by atoms with Gasteiger partial charge in [0.2, 0.25) is 0 Å². The summed E-state index contributed by atoms with van der Waals surface area (Å²) in [7, 11) is 0. The lowest BCUT2D eigenvalue weighted by Gasteiger charge is -2.37.